The van der Waals surface area contributed by atoms with Crippen LogP contribution in [0.2, 0.25) is 5.02 Å². The zero-order valence-electron chi connectivity index (χ0n) is 16.5. The molecule has 0 bridgehead atoms. The van der Waals surface area contributed by atoms with Crippen LogP contribution in [0.1, 0.15) is 11.6 Å². The van der Waals surface area contributed by atoms with Gasteiger partial charge in [-0.05, 0) is 42.5 Å². The van der Waals surface area contributed by atoms with Crippen molar-refractivity contribution in [1.82, 2.24) is 0 Å². The number of nitro benzene ring substituents is 1. The molecule has 32 heavy (non-hydrogen) atoms. The van der Waals surface area contributed by atoms with Crippen LogP contribution in [-0.2, 0) is 14.4 Å². The number of para-hydroxylation sites is 2. The molecule has 0 N–H and O–H groups in total. The van der Waals surface area contributed by atoms with Crippen LogP contribution >= 0.6 is 11.6 Å². The van der Waals surface area contributed by atoms with E-state index in [1.807, 2.05) is 6.07 Å². The number of halogens is 1. The fraction of sp³-hybridized carbons (Fsp3) is 0.130. The van der Waals surface area contributed by atoms with Crippen LogP contribution in [0.15, 0.2) is 78.9 Å². The highest BCUT2D eigenvalue weighted by atomic mass is 35.5. The highest BCUT2D eigenvalue weighted by molar-refractivity contribution is 6.31. The highest BCUT2D eigenvalue weighted by Crippen LogP contribution is 2.49. The van der Waals surface area contributed by atoms with Gasteiger partial charge in [0.25, 0.3) is 11.6 Å². The van der Waals surface area contributed by atoms with E-state index >= 15 is 0 Å². The van der Waals surface area contributed by atoms with Gasteiger partial charge in [0.05, 0.1) is 21.9 Å². The second-order valence-electron chi connectivity index (χ2n) is 7.46. The number of nitro groups is 1. The summed E-state index contributed by atoms with van der Waals surface area (Å²) in [6, 6.07) is 20.6. The Morgan fingerprint density at radius 1 is 0.844 bits per heavy atom. The predicted octanol–water partition coefficient (Wildman–Crippen LogP) is 4.30. The predicted molar refractivity (Wildman–Crippen MR) is 117 cm³/mol. The van der Waals surface area contributed by atoms with Crippen molar-refractivity contribution in [3.8, 4) is 0 Å². The summed E-state index contributed by atoms with van der Waals surface area (Å²) in [7, 11) is 0. The number of benzene rings is 3. The second kappa shape index (κ2) is 7.74. The number of imide groups is 1. The number of nitrogens with zero attached hydrogens (tertiary/aromatic N) is 3. The third-order valence-electron chi connectivity index (χ3n) is 5.66. The number of rotatable bonds is 4. The Bertz CT molecular complexity index is 1220. The van der Waals surface area contributed by atoms with Crippen molar-refractivity contribution in [3.63, 3.8) is 0 Å². The van der Waals surface area contributed by atoms with Gasteiger partial charge in [-0.1, -0.05) is 41.9 Å². The average Bonchev–Trinajstić information content (AvgIpc) is 3.31. The molecule has 5 rings (SSSR count). The van der Waals surface area contributed by atoms with E-state index in [0.29, 0.717) is 22.0 Å². The third kappa shape index (κ3) is 3.12. The summed E-state index contributed by atoms with van der Waals surface area (Å²) in [6.07, 6.45) is -1.11. The summed E-state index contributed by atoms with van der Waals surface area (Å²) in [5.41, 5.74) is 1.11. The van der Waals surface area contributed by atoms with E-state index in [2.05, 4.69) is 0 Å². The van der Waals surface area contributed by atoms with E-state index in [0.717, 1.165) is 4.90 Å². The van der Waals surface area contributed by atoms with Crippen LogP contribution in [0.4, 0.5) is 17.1 Å². The molecular weight excluding hydrogens is 434 g/mol. The van der Waals surface area contributed by atoms with Crippen molar-refractivity contribution in [2.24, 2.45) is 5.92 Å². The number of hydrogen-bond acceptors (Lipinski definition) is 6. The Labute approximate surface area is 187 Å². The minimum absolute atomic E-state index is 0.145. The van der Waals surface area contributed by atoms with Gasteiger partial charge < -0.3 is 0 Å². The normalized spacial score (nSPS) is 22.3. The van der Waals surface area contributed by atoms with Crippen LogP contribution in [0.5, 0.6) is 0 Å². The zero-order valence-corrected chi connectivity index (χ0v) is 17.3. The maximum atomic E-state index is 13.5. The molecule has 2 heterocycles. The maximum absolute atomic E-state index is 13.5. The van der Waals surface area contributed by atoms with E-state index in [1.165, 1.54) is 11.1 Å². The molecule has 160 valence electrons. The summed E-state index contributed by atoms with van der Waals surface area (Å²) in [4.78, 5) is 45.1. The lowest BCUT2D eigenvalue weighted by molar-refractivity contribution is -0.385. The Morgan fingerprint density at radius 3 is 2.19 bits per heavy atom. The van der Waals surface area contributed by atoms with Gasteiger partial charge in [-0.3, -0.25) is 24.5 Å². The van der Waals surface area contributed by atoms with Crippen molar-refractivity contribution in [2.45, 2.75) is 12.1 Å². The molecule has 0 spiro atoms. The molecule has 0 aliphatic carbocycles. The van der Waals surface area contributed by atoms with E-state index in [4.69, 9.17) is 16.4 Å². The van der Waals surface area contributed by atoms with Crippen molar-refractivity contribution < 1.29 is 19.3 Å². The van der Waals surface area contributed by atoms with Crippen LogP contribution in [0.25, 0.3) is 0 Å². The topological polar surface area (TPSA) is 93.0 Å². The van der Waals surface area contributed by atoms with Gasteiger partial charge in [-0.25, -0.2) is 9.96 Å². The minimum atomic E-state index is -1.11. The van der Waals surface area contributed by atoms with E-state index in [-0.39, 0.29) is 5.69 Å². The van der Waals surface area contributed by atoms with Crippen molar-refractivity contribution in [1.29, 1.82) is 0 Å². The molecule has 2 aliphatic heterocycles. The van der Waals surface area contributed by atoms with Gasteiger partial charge in [-0.2, -0.15) is 0 Å². The Morgan fingerprint density at radius 2 is 1.50 bits per heavy atom. The molecule has 0 aromatic heterocycles. The Kier molecular flexibility index (Phi) is 4.88. The molecule has 3 aromatic rings. The Hall–Kier alpha value is -3.75. The van der Waals surface area contributed by atoms with E-state index < -0.39 is 34.8 Å². The Balaban J connectivity index is 1.63. The summed E-state index contributed by atoms with van der Waals surface area (Å²) in [6.45, 7) is 0. The van der Waals surface area contributed by atoms with E-state index in [1.54, 1.807) is 66.7 Å². The molecule has 0 radical (unpaired) electrons. The van der Waals surface area contributed by atoms with Gasteiger partial charge in [0.1, 0.15) is 12.0 Å². The van der Waals surface area contributed by atoms with Crippen LogP contribution < -0.4 is 9.96 Å². The number of fused-ring (bicyclic) bond motifs is 1. The first-order valence-corrected chi connectivity index (χ1v) is 10.2. The molecule has 0 saturated carbocycles. The number of hydrogen-bond donors (Lipinski definition) is 0. The first kappa shape index (κ1) is 20.2. The van der Waals surface area contributed by atoms with Crippen molar-refractivity contribution in [3.05, 3.63) is 99.6 Å². The van der Waals surface area contributed by atoms with Crippen LogP contribution in [0, 0.1) is 16.0 Å². The number of hydroxylamine groups is 1. The summed E-state index contributed by atoms with van der Waals surface area (Å²) in [5, 5.41) is 13.7. The van der Waals surface area contributed by atoms with E-state index in [9.17, 15) is 19.7 Å². The van der Waals surface area contributed by atoms with Crippen LogP contribution in [0.3, 0.4) is 0 Å². The summed E-state index contributed by atoms with van der Waals surface area (Å²) in [5.74, 6) is -1.97. The molecule has 3 aromatic carbocycles. The van der Waals surface area contributed by atoms with Crippen molar-refractivity contribution in [2.75, 3.05) is 9.96 Å². The van der Waals surface area contributed by atoms with Gasteiger partial charge in [-0.15, -0.1) is 0 Å². The smallest absolute Gasteiger partial charge is 0.273 e. The maximum Gasteiger partial charge on any atom is 0.274 e. The zero-order chi connectivity index (χ0) is 22.4. The van der Waals surface area contributed by atoms with Crippen LogP contribution in [-0.4, -0.2) is 22.8 Å². The largest absolute Gasteiger partial charge is 0.274 e. The number of amides is 2. The number of carbonyl (C=O) groups excluding carboxylic acids is 2. The SMILES string of the molecule is O=C1C2ON(c3ccccc3)C(c3ccccc3[N+](=O)[O-])C2C(=O)N1c1ccc(Cl)cc1. The number of anilines is 2. The number of carbonyl (C=O) groups is 2. The first-order chi connectivity index (χ1) is 15.5. The molecule has 3 unspecified atom stereocenters. The average molecular weight is 450 g/mol. The molecule has 8 nitrogen and oxygen atoms in total. The first-order valence-electron chi connectivity index (χ1n) is 9.85. The molecular formula is C23H16ClN3O5. The molecule has 3 atom stereocenters. The molecule has 2 amide bonds. The third-order valence-corrected chi connectivity index (χ3v) is 5.91. The monoisotopic (exact) mass is 449 g/mol. The lowest BCUT2D eigenvalue weighted by Crippen LogP contribution is -2.37. The van der Waals surface area contributed by atoms with Gasteiger partial charge in [0.15, 0.2) is 6.10 Å². The van der Waals surface area contributed by atoms with Gasteiger partial charge in [0, 0.05) is 11.1 Å². The molecule has 9 heteroatoms. The molecule has 2 fully saturated rings. The standard InChI is InChI=1S/C23H16ClN3O5/c24-14-10-12-15(13-11-14)25-22(28)19-20(17-8-4-5-9-18(17)27(30)31)26(32-21(19)23(25)29)16-6-2-1-3-7-16/h1-13,19-21H. The fourth-order valence-corrected chi connectivity index (χ4v) is 4.40. The molecule has 2 saturated heterocycles. The minimum Gasteiger partial charge on any atom is -0.273 e. The van der Waals surface area contributed by atoms with Crippen molar-refractivity contribution >= 4 is 40.5 Å². The highest BCUT2D eigenvalue weighted by Gasteiger charge is 2.61. The lowest BCUT2D eigenvalue weighted by Gasteiger charge is -2.28. The summed E-state index contributed by atoms with van der Waals surface area (Å²) < 4.78 is 0. The lowest BCUT2D eigenvalue weighted by atomic mass is 9.89. The fourth-order valence-electron chi connectivity index (χ4n) is 4.28. The second-order valence-corrected chi connectivity index (χ2v) is 7.90. The summed E-state index contributed by atoms with van der Waals surface area (Å²) >= 11 is 5.94. The quantitative estimate of drug-likeness (QED) is 0.335. The van der Waals surface area contributed by atoms with Gasteiger partial charge in [0.2, 0.25) is 5.91 Å². The molecule has 2 aliphatic rings. The van der Waals surface area contributed by atoms with Gasteiger partial charge >= 0.3 is 0 Å².